The van der Waals surface area contributed by atoms with Crippen LogP contribution in [0.1, 0.15) is 27.8 Å². The van der Waals surface area contributed by atoms with Gasteiger partial charge in [0.25, 0.3) is 5.91 Å². The van der Waals surface area contributed by atoms with Crippen molar-refractivity contribution in [1.29, 1.82) is 0 Å². The summed E-state index contributed by atoms with van der Waals surface area (Å²) in [5, 5.41) is 3.72. The lowest BCUT2D eigenvalue weighted by Crippen LogP contribution is -2.53. The summed E-state index contributed by atoms with van der Waals surface area (Å²) >= 11 is 0. The van der Waals surface area contributed by atoms with Crippen LogP contribution >= 0.6 is 0 Å². The molecule has 0 bridgehead atoms. The summed E-state index contributed by atoms with van der Waals surface area (Å²) < 4.78 is 2.14. The number of aromatic nitrogens is 2. The zero-order valence-electron chi connectivity index (χ0n) is 20.5. The number of hydrogen-bond acceptors (Lipinski definition) is 3. The Morgan fingerprint density at radius 1 is 0.861 bits per heavy atom. The van der Waals surface area contributed by atoms with Crippen LogP contribution in [0.15, 0.2) is 84.9 Å². The first-order chi connectivity index (χ1) is 17.5. The molecule has 2 aliphatic rings. The lowest BCUT2D eigenvalue weighted by atomic mass is 9.94. The topological polar surface area (TPSA) is 50.2 Å². The number of benzene rings is 4. The van der Waals surface area contributed by atoms with Gasteiger partial charge in [0.1, 0.15) is 5.82 Å². The zero-order chi connectivity index (χ0) is 24.6. The Kier molecular flexibility index (Phi) is 4.25. The van der Waals surface area contributed by atoms with E-state index < -0.39 is 5.66 Å². The number of amides is 1. The van der Waals surface area contributed by atoms with Crippen LogP contribution in [0.5, 0.6) is 0 Å². The summed E-state index contributed by atoms with van der Waals surface area (Å²) in [7, 11) is 0. The van der Waals surface area contributed by atoms with Gasteiger partial charge in [0, 0.05) is 16.8 Å². The number of imidazole rings is 1. The third-order valence-corrected chi connectivity index (χ3v) is 7.66. The monoisotopic (exact) mass is 470 g/mol. The highest BCUT2D eigenvalue weighted by Crippen LogP contribution is 2.51. The second-order valence-corrected chi connectivity index (χ2v) is 9.97. The summed E-state index contributed by atoms with van der Waals surface area (Å²) in [5.41, 5.74) is 9.09. The van der Waals surface area contributed by atoms with E-state index in [0.717, 1.165) is 50.5 Å². The summed E-state index contributed by atoms with van der Waals surface area (Å²) in [4.78, 5) is 21.8. The molecule has 0 aliphatic carbocycles. The van der Waals surface area contributed by atoms with Crippen molar-refractivity contribution >= 4 is 28.3 Å². The van der Waals surface area contributed by atoms with E-state index in [1.165, 1.54) is 11.1 Å². The number of fused-ring (bicyclic) bond motifs is 8. The number of carbonyl (C=O) groups is 1. The van der Waals surface area contributed by atoms with Gasteiger partial charge in [0.15, 0.2) is 0 Å². The van der Waals surface area contributed by atoms with Crippen LogP contribution in [0, 0.1) is 20.8 Å². The number of rotatable bonds is 2. The molecule has 5 heteroatoms. The fourth-order valence-corrected chi connectivity index (χ4v) is 5.75. The largest absolute Gasteiger partial charge is 0.350 e. The molecule has 5 aromatic rings. The number of hydrogen-bond donors (Lipinski definition) is 1. The Hall–Kier alpha value is -4.38. The predicted molar refractivity (Wildman–Crippen MR) is 144 cm³/mol. The zero-order valence-corrected chi connectivity index (χ0v) is 20.5. The van der Waals surface area contributed by atoms with E-state index >= 15 is 0 Å². The first-order valence-electron chi connectivity index (χ1n) is 12.3. The normalized spacial score (nSPS) is 17.8. The van der Waals surface area contributed by atoms with Crippen molar-refractivity contribution in [3.8, 4) is 11.4 Å². The fourth-order valence-electron chi connectivity index (χ4n) is 5.75. The Morgan fingerprint density at radius 3 is 2.44 bits per heavy atom. The van der Waals surface area contributed by atoms with Crippen LogP contribution in [-0.4, -0.2) is 15.5 Å². The average Bonchev–Trinajstić information content (AvgIpc) is 3.35. The molecule has 2 aliphatic heterocycles. The van der Waals surface area contributed by atoms with Crippen molar-refractivity contribution in [2.45, 2.75) is 33.0 Å². The third-order valence-electron chi connectivity index (χ3n) is 7.66. The maximum Gasteiger partial charge on any atom is 0.279 e. The standard InChI is InChI=1S/C31H26N4O/c1-19-13-14-27-24(15-19)31(30(36)34(27)18-22-9-5-4-6-10-22)33-25-12-8-7-11-23(25)29-32-26-16-20(2)21(3)17-28(26)35(29)31/h4-17,33H,18H2,1-3H3. The molecule has 0 radical (unpaired) electrons. The fraction of sp³-hybridized carbons (Fsp3) is 0.161. The Morgan fingerprint density at radius 2 is 1.61 bits per heavy atom. The minimum absolute atomic E-state index is 0.000217. The molecular weight excluding hydrogens is 444 g/mol. The highest BCUT2D eigenvalue weighted by molar-refractivity contribution is 6.12. The van der Waals surface area contributed by atoms with E-state index in [4.69, 9.17) is 4.98 Å². The molecule has 7 rings (SSSR count). The van der Waals surface area contributed by atoms with Crippen molar-refractivity contribution in [2.75, 3.05) is 10.2 Å². The van der Waals surface area contributed by atoms with Crippen molar-refractivity contribution in [3.05, 3.63) is 113 Å². The van der Waals surface area contributed by atoms with Crippen molar-refractivity contribution in [2.24, 2.45) is 0 Å². The van der Waals surface area contributed by atoms with Gasteiger partial charge in [-0.3, -0.25) is 9.36 Å². The van der Waals surface area contributed by atoms with Crippen LogP contribution in [0.25, 0.3) is 22.4 Å². The van der Waals surface area contributed by atoms with Crippen LogP contribution in [-0.2, 0) is 17.0 Å². The number of nitrogens with one attached hydrogen (secondary N) is 1. The van der Waals surface area contributed by atoms with Gasteiger partial charge >= 0.3 is 0 Å². The molecule has 5 nitrogen and oxygen atoms in total. The van der Waals surface area contributed by atoms with E-state index in [2.05, 4.69) is 79.2 Å². The van der Waals surface area contributed by atoms with Gasteiger partial charge in [-0.15, -0.1) is 0 Å². The molecule has 1 amide bonds. The van der Waals surface area contributed by atoms with Gasteiger partial charge in [0.05, 0.1) is 23.3 Å². The van der Waals surface area contributed by atoms with Gasteiger partial charge < -0.3 is 10.2 Å². The molecule has 36 heavy (non-hydrogen) atoms. The van der Waals surface area contributed by atoms with E-state index in [1.54, 1.807) is 0 Å². The number of nitrogens with zero attached hydrogens (tertiary/aromatic N) is 3. The van der Waals surface area contributed by atoms with Gasteiger partial charge in [-0.2, -0.15) is 0 Å². The summed E-state index contributed by atoms with van der Waals surface area (Å²) in [5.74, 6) is 0.812. The molecule has 1 atom stereocenters. The minimum atomic E-state index is -1.13. The first kappa shape index (κ1) is 20.9. The smallest absolute Gasteiger partial charge is 0.279 e. The highest BCUT2D eigenvalue weighted by Gasteiger charge is 2.56. The van der Waals surface area contributed by atoms with E-state index in [-0.39, 0.29) is 5.91 Å². The van der Waals surface area contributed by atoms with E-state index in [0.29, 0.717) is 6.54 Å². The predicted octanol–water partition coefficient (Wildman–Crippen LogP) is 6.30. The lowest BCUT2D eigenvalue weighted by molar-refractivity contribution is -0.123. The number of aryl methyl sites for hydroxylation is 3. The molecule has 1 spiro atoms. The summed E-state index contributed by atoms with van der Waals surface area (Å²) in [6.07, 6.45) is 0. The number of carbonyl (C=O) groups excluding carboxylic acids is 1. The second kappa shape index (κ2) is 7.31. The van der Waals surface area contributed by atoms with Gasteiger partial charge in [-0.05, 0) is 73.9 Å². The van der Waals surface area contributed by atoms with Crippen LogP contribution in [0.4, 0.5) is 11.4 Å². The molecule has 0 saturated carbocycles. The quantitative estimate of drug-likeness (QED) is 0.329. The third kappa shape index (κ3) is 2.71. The molecule has 1 unspecified atom stereocenters. The van der Waals surface area contributed by atoms with Crippen LogP contribution in [0.2, 0.25) is 0 Å². The van der Waals surface area contributed by atoms with Crippen molar-refractivity contribution in [3.63, 3.8) is 0 Å². The second-order valence-electron chi connectivity index (χ2n) is 9.97. The van der Waals surface area contributed by atoms with Crippen LogP contribution < -0.4 is 10.2 Å². The molecule has 3 heterocycles. The number of para-hydroxylation sites is 1. The Balaban J connectivity index is 1.56. The first-order valence-corrected chi connectivity index (χ1v) is 12.3. The highest BCUT2D eigenvalue weighted by atomic mass is 16.2. The molecule has 1 aromatic heterocycles. The SMILES string of the molecule is Cc1ccc2c(c1)C1(Nc3ccccc3-c3nc4cc(C)c(C)cc4n31)C(=O)N2Cc1ccccc1. The van der Waals surface area contributed by atoms with E-state index in [1.807, 2.05) is 41.3 Å². The molecule has 0 saturated heterocycles. The van der Waals surface area contributed by atoms with E-state index in [9.17, 15) is 4.79 Å². The van der Waals surface area contributed by atoms with Crippen LogP contribution in [0.3, 0.4) is 0 Å². The summed E-state index contributed by atoms with van der Waals surface area (Å²) in [6.45, 7) is 6.80. The van der Waals surface area contributed by atoms with Gasteiger partial charge in [0.2, 0.25) is 5.66 Å². The maximum atomic E-state index is 14.7. The molecule has 176 valence electrons. The maximum absolute atomic E-state index is 14.7. The average molecular weight is 471 g/mol. The van der Waals surface area contributed by atoms with Crippen molar-refractivity contribution < 1.29 is 4.79 Å². The molecule has 4 aromatic carbocycles. The summed E-state index contributed by atoms with van der Waals surface area (Å²) in [6, 6.07) is 28.9. The molecule has 1 N–H and O–H groups in total. The van der Waals surface area contributed by atoms with Crippen molar-refractivity contribution in [1.82, 2.24) is 9.55 Å². The minimum Gasteiger partial charge on any atom is -0.350 e. The lowest BCUT2D eigenvalue weighted by Gasteiger charge is -2.38. The molecule has 0 fully saturated rings. The number of anilines is 2. The Bertz CT molecular complexity index is 1700. The van der Waals surface area contributed by atoms with Gasteiger partial charge in [-0.1, -0.05) is 54.1 Å². The Labute approximate surface area is 210 Å². The molecular formula is C31H26N4O. The van der Waals surface area contributed by atoms with Gasteiger partial charge in [-0.25, -0.2) is 4.98 Å².